The van der Waals surface area contributed by atoms with E-state index in [9.17, 15) is 0 Å². The van der Waals surface area contributed by atoms with Gasteiger partial charge in [0, 0.05) is 12.7 Å². The first-order valence-corrected chi connectivity index (χ1v) is 9.29. The Bertz CT molecular complexity index is 887. The smallest absolute Gasteiger partial charge is 0.225 e. The third-order valence-corrected chi connectivity index (χ3v) is 4.47. The molecule has 0 aliphatic heterocycles. The third kappa shape index (κ3) is 5.13. The second-order valence-electron chi connectivity index (χ2n) is 6.41. The van der Waals surface area contributed by atoms with Gasteiger partial charge in [0.15, 0.2) is 11.5 Å². The van der Waals surface area contributed by atoms with Crippen molar-refractivity contribution in [2.45, 2.75) is 19.4 Å². The van der Waals surface area contributed by atoms with Crippen LogP contribution in [0.3, 0.4) is 0 Å². The molecular weight excluding hydrogens is 352 g/mol. The van der Waals surface area contributed by atoms with Crippen molar-refractivity contribution in [2.24, 2.45) is 0 Å². The summed E-state index contributed by atoms with van der Waals surface area (Å²) in [4.78, 5) is 8.87. The maximum absolute atomic E-state index is 5.36. The van der Waals surface area contributed by atoms with E-state index >= 15 is 0 Å². The van der Waals surface area contributed by atoms with Crippen LogP contribution in [0.1, 0.15) is 24.1 Å². The van der Waals surface area contributed by atoms with Crippen LogP contribution in [0.5, 0.6) is 11.5 Å². The number of aromatic nitrogens is 2. The van der Waals surface area contributed by atoms with Crippen LogP contribution in [0.2, 0.25) is 0 Å². The van der Waals surface area contributed by atoms with E-state index in [4.69, 9.17) is 9.47 Å². The third-order valence-electron chi connectivity index (χ3n) is 4.47. The van der Waals surface area contributed by atoms with Gasteiger partial charge < -0.3 is 20.1 Å². The minimum atomic E-state index is 0.128. The van der Waals surface area contributed by atoms with Gasteiger partial charge in [-0.05, 0) is 42.7 Å². The number of hydrogen-bond acceptors (Lipinski definition) is 6. The van der Waals surface area contributed by atoms with Crippen LogP contribution in [-0.2, 0) is 6.42 Å². The molecule has 6 heteroatoms. The van der Waals surface area contributed by atoms with Gasteiger partial charge in [-0.2, -0.15) is 4.98 Å². The number of hydrogen-bond donors (Lipinski definition) is 2. The Labute approximate surface area is 166 Å². The van der Waals surface area contributed by atoms with Crippen LogP contribution >= 0.6 is 0 Å². The van der Waals surface area contributed by atoms with Crippen LogP contribution in [0.15, 0.2) is 60.8 Å². The monoisotopic (exact) mass is 378 g/mol. The van der Waals surface area contributed by atoms with E-state index in [0.29, 0.717) is 5.95 Å². The molecule has 0 bridgehead atoms. The first-order valence-electron chi connectivity index (χ1n) is 9.29. The zero-order valence-electron chi connectivity index (χ0n) is 16.5. The van der Waals surface area contributed by atoms with Crippen molar-refractivity contribution in [3.05, 3.63) is 71.9 Å². The molecule has 0 spiro atoms. The molecule has 146 valence electrons. The highest BCUT2D eigenvalue weighted by atomic mass is 16.5. The van der Waals surface area contributed by atoms with Gasteiger partial charge in [-0.25, -0.2) is 4.98 Å². The quantitative estimate of drug-likeness (QED) is 0.578. The summed E-state index contributed by atoms with van der Waals surface area (Å²) in [6.07, 6.45) is 2.60. The van der Waals surface area contributed by atoms with E-state index in [2.05, 4.69) is 39.7 Å². The van der Waals surface area contributed by atoms with Gasteiger partial charge in [0.05, 0.1) is 20.3 Å². The second-order valence-corrected chi connectivity index (χ2v) is 6.41. The molecule has 1 atom stereocenters. The van der Waals surface area contributed by atoms with Crippen LogP contribution in [0.4, 0.5) is 11.8 Å². The van der Waals surface area contributed by atoms with Crippen molar-refractivity contribution < 1.29 is 9.47 Å². The fourth-order valence-corrected chi connectivity index (χ4v) is 2.92. The van der Waals surface area contributed by atoms with Crippen molar-refractivity contribution in [1.82, 2.24) is 9.97 Å². The minimum Gasteiger partial charge on any atom is -0.493 e. The molecule has 0 saturated carbocycles. The lowest BCUT2D eigenvalue weighted by Crippen LogP contribution is -2.11. The number of benzene rings is 2. The molecule has 0 fully saturated rings. The fourth-order valence-electron chi connectivity index (χ4n) is 2.92. The van der Waals surface area contributed by atoms with Gasteiger partial charge in [-0.3, -0.25) is 0 Å². The first kappa shape index (κ1) is 19.5. The molecule has 0 saturated heterocycles. The Morgan fingerprint density at radius 1 is 0.964 bits per heavy atom. The Kier molecular flexibility index (Phi) is 6.68. The van der Waals surface area contributed by atoms with Gasteiger partial charge in [0.1, 0.15) is 5.82 Å². The van der Waals surface area contributed by atoms with Crippen molar-refractivity contribution >= 4 is 11.8 Å². The predicted octanol–water partition coefficient (Wildman–Crippen LogP) is 4.32. The maximum Gasteiger partial charge on any atom is 0.225 e. The Hall–Kier alpha value is -3.28. The summed E-state index contributed by atoms with van der Waals surface area (Å²) >= 11 is 0. The van der Waals surface area contributed by atoms with E-state index < -0.39 is 0 Å². The largest absolute Gasteiger partial charge is 0.493 e. The number of nitrogens with one attached hydrogen (secondary N) is 2. The molecular formula is C22H26N4O2. The van der Waals surface area contributed by atoms with Gasteiger partial charge in [0.2, 0.25) is 5.95 Å². The lowest BCUT2D eigenvalue weighted by molar-refractivity contribution is 0.354. The molecule has 2 N–H and O–H groups in total. The molecule has 1 heterocycles. The number of nitrogens with zero attached hydrogens (tertiary/aromatic N) is 2. The van der Waals surface area contributed by atoms with Gasteiger partial charge in [0.25, 0.3) is 0 Å². The summed E-state index contributed by atoms with van der Waals surface area (Å²) in [5, 5.41) is 6.69. The van der Waals surface area contributed by atoms with Crippen molar-refractivity contribution in [3.63, 3.8) is 0 Å². The summed E-state index contributed by atoms with van der Waals surface area (Å²) in [7, 11) is 3.28. The number of ether oxygens (including phenoxy) is 2. The SMILES string of the molecule is COc1ccc(CCNc2ccnc(NC(C)c3ccccc3)n2)cc1OC. The number of methoxy groups -OCH3 is 2. The maximum atomic E-state index is 5.36. The average Bonchev–Trinajstić information content (AvgIpc) is 2.74. The van der Waals surface area contributed by atoms with E-state index in [-0.39, 0.29) is 6.04 Å². The molecule has 3 aromatic rings. The molecule has 0 radical (unpaired) electrons. The molecule has 2 aromatic carbocycles. The minimum absolute atomic E-state index is 0.128. The summed E-state index contributed by atoms with van der Waals surface area (Å²) in [6, 6.07) is 18.2. The molecule has 1 unspecified atom stereocenters. The van der Waals surface area contributed by atoms with Crippen LogP contribution in [0, 0.1) is 0 Å². The second kappa shape index (κ2) is 9.60. The molecule has 0 aliphatic rings. The summed E-state index contributed by atoms with van der Waals surface area (Å²) in [5.74, 6) is 2.87. The normalized spacial score (nSPS) is 11.5. The van der Waals surface area contributed by atoms with Crippen molar-refractivity contribution in [2.75, 3.05) is 31.4 Å². The van der Waals surface area contributed by atoms with Crippen molar-refractivity contribution in [1.29, 1.82) is 0 Å². The highest BCUT2D eigenvalue weighted by Gasteiger charge is 2.07. The zero-order valence-corrected chi connectivity index (χ0v) is 16.5. The molecule has 1 aromatic heterocycles. The Morgan fingerprint density at radius 2 is 1.75 bits per heavy atom. The lowest BCUT2D eigenvalue weighted by Gasteiger charge is -2.15. The van der Waals surface area contributed by atoms with Crippen LogP contribution in [-0.4, -0.2) is 30.7 Å². The number of anilines is 2. The van der Waals surface area contributed by atoms with Crippen molar-refractivity contribution in [3.8, 4) is 11.5 Å². The standard InChI is InChI=1S/C22H26N4O2/c1-16(18-7-5-4-6-8-18)25-22-24-14-12-21(26-22)23-13-11-17-9-10-19(27-2)20(15-17)28-3/h4-10,12,14-16H,11,13H2,1-3H3,(H2,23,24,25,26). The lowest BCUT2D eigenvalue weighted by atomic mass is 10.1. The summed E-state index contributed by atoms with van der Waals surface area (Å²) in [5.41, 5.74) is 2.35. The highest BCUT2D eigenvalue weighted by Crippen LogP contribution is 2.27. The average molecular weight is 378 g/mol. The Balaban J connectivity index is 1.56. The Morgan fingerprint density at radius 3 is 2.50 bits per heavy atom. The van der Waals surface area contributed by atoms with E-state index in [0.717, 1.165) is 35.8 Å². The van der Waals surface area contributed by atoms with E-state index in [1.807, 2.05) is 42.5 Å². The fraction of sp³-hybridized carbons (Fsp3) is 0.273. The first-order chi connectivity index (χ1) is 13.7. The highest BCUT2D eigenvalue weighted by molar-refractivity contribution is 5.44. The zero-order chi connectivity index (χ0) is 19.8. The van der Waals surface area contributed by atoms with Crippen LogP contribution < -0.4 is 20.1 Å². The van der Waals surface area contributed by atoms with E-state index in [1.54, 1.807) is 20.4 Å². The molecule has 0 amide bonds. The summed E-state index contributed by atoms with van der Waals surface area (Å²) in [6.45, 7) is 2.84. The summed E-state index contributed by atoms with van der Waals surface area (Å²) < 4.78 is 10.6. The van der Waals surface area contributed by atoms with Crippen LogP contribution in [0.25, 0.3) is 0 Å². The van der Waals surface area contributed by atoms with Gasteiger partial charge in [-0.1, -0.05) is 36.4 Å². The number of rotatable bonds is 9. The van der Waals surface area contributed by atoms with Gasteiger partial charge >= 0.3 is 0 Å². The topological polar surface area (TPSA) is 68.3 Å². The van der Waals surface area contributed by atoms with E-state index in [1.165, 1.54) is 5.56 Å². The predicted molar refractivity (Wildman–Crippen MR) is 112 cm³/mol. The molecule has 0 aliphatic carbocycles. The molecule has 6 nitrogen and oxygen atoms in total. The van der Waals surface area contributed by atoms with Gasteiger partial charge in [-0.15, -0.1) is 0 Å². The molecule has 3 rings (SSSR count). The molecule has 28 heavy (non-hydrogen) atoms.